The maximum absolute atomic E-state index is 13.0. The Morgan fingerprint density at radius 3 is 2.58 bits per heavy atom. The van der Waals surface area contributed by atoms with E-state index < -0.39 is 0 Å². The molecule has 140 valence electrons. The Balaban J connectivity index is 1.97. The van der Waals surface area contributed by atoms with E-state index in [1.165, 1.54) is 30.5 Å². The molecule has 1 amide bonds. The fourth-order valence-corrected chi connectivity index (χ4v) is 3.16. The van der Waals surface area contributed by atoms with E-state index in [2.05, 4.69) is 20.9 Å². The number of piperazine rings is 1. The van der Waals surface area contributed by atoms with Crippen molar-refractivity contribution in [3.05, 3.63) is 45.8 Å². The van der Waals surface area contributed by atoms with Gasteiger partial charge in [-0.1, -0.05) is 0 Å². The number of halogens is 2. The van der Waals surface area contributed by atoms with Crippen LogP contribution in [0.15, 0.2) is 39.4 Å². The Hall–Kier alpha value is -2.06. The Kier molecular flexibility index (Phi) is 7.05. The van der Waals surface area contributed by atoms with E-state index in [4.69, 9.17) is 5.73 Å². The van der Waals surface area contributed by atoms with Gasteiger partial charge in [-0.2, -0.15) is 0 Å². The highest BCUT2D eigenvalue weighted by atomic mass is 79.9. The third-order valence-electron chi connectivity index (χ3n) is 4.30. The highest BCUT2D eigenvalue weighted by Crippen LogP contribution is 2.15. The number of carbonyl (C=O) groups is 2. The number of hydrogen-bond donors (Lipinski definition) is 1. The van der Waals surface area contributed by atoms with Crippen LogP contribution < -0.4 is 5.73 Å². The summed E-state index contributed by atoms with van der Waals surface area (Å²) in [6.07, 6.45) is 1.48. The first-order valence-electron chi connectivity index (χ1n) is 8.23. The lowest BCUT2D eigenvalue weighted by atomic mass is 10.1. The van der Waals surface area contributed by atoms with Crippen LogP contribution >= 0.6 is 15.9 Å². The average molecular weight is 425 g/mol. The van der Waals surface area contributed by atoms with Crippen LogP contribution in [0, 0.1) is 5.82 Å². The second-order valence-corrected chi connectivity index (χ2v) is 7.00. The van der Waals surface area contributed by atoms with Gasteiger partial charge in [-0.05, 0) is 47.1 Å². The average Bonchev–Trinajstić information content (AvgIpc) is 2.62. The van der Waals surface area contributed by atoms with E-state index in [1.54, 1.807) is 11.9 Å². The molecule has 2 rings (SSSR count). The number of nitrogens with zero attached hydrogens (tertiary/aromatic N) is 3. The normalized spacial score (nSPS) is 19.5. The first-order chi connectivity index (χ1) is 12.3. The topological polar surface area (TPSA) is 79.0 Å². The van der Waals surface area contributed by atoms with E-state index in [0.29, 0.717) is 29.7 Å². The standard InChI is InChI=1S/C18H22BrFN4O2/c1-12-10-24(18(26)17(21)15(19)9-22-2)8-7-23(12)11-16(25)13-3-5-14(20)6-4-13/h3-6,9,12H,7-8,10-11,21H2,1-2H3/t12-/m0/s1. The molecule has 2 N–H and O–H groups in total. The molecule has 0 saturated carbocycles. The predicted molar refractivity (Wildman–Crippen MR) is 103 cm³/mol. The summed E-state index contributed by atoms with van der Waals surface area (Å²) in [5, 5.41) is 0. The Morgan fingerprint density at radius 2 is 2.00 bits per heavy atom. The molecule has 0 aliphatic carbocycles. The first-order valence-corrected chi connectivity index (χ1v) is 9.02. The zero-order valence-electron chi connectivity index (χ0n) is 14.8. The smallest absolute Gasteiger partial charge is 0.271 e. The van der Waals surface area contributed by atoms with Gasteiger partial charge in [-0.15, -0.1) is 0 Å². The minimum atomic E-state index is -0.369. The highest BCUT2D eigenvalue weighted by molar-refractivity contribution is 9.12. The third kappa shape index (κ3) is 4.98. The molecule has 1 heterocycles. The van der Waals surface area contributed by atoms with Crippen molar-refractivity contribution in [2.75, 3.05) is 33.2 Å². The van der Waals surface area contributed by atoms with E-state index in [-0.39, 0.29) is 35.8 Å². The summed E-state index contributed by atoms with van der Waals surface area (Å²) in [7, 11) is 1.60. The van der Waals surface area contributed by atoms with Crippen molar-refractivity contribution < 1.29 is 14.0 Å². The number of benzene rings is 1. The molecule has 0 unspecified atom stereocenters. The number of Topliss-reactive ketones (excluding diaryl/α,β-unsaturated/α-hetero) is 1. The monoisotopic (exact) mass is 424 g/mol. The second kappa shape index (κ2) is 9.05. The van der Waals surface area contributed by atoms with Crippen molar-refractivity contribution in [2.45, 2.75) is 13.0 Å². The summed E-state index contributed by atoms with van der Waals surface area (Å²) < 4.78 is 13.4. The Morgan fingerprint density at radius 1 is 1.35 bits per heavy atom. The number of carbonyl (C=O) groups excluding carboxylic acids is 2. The molecule has 0 radical (unpaired) electrons. The maximum atomic E-state index is 13.0. The van der Waals surface area contributed by atoms with Crippen LogP contribution in [0.5, 0.6) is 0 Å². The van der Waals surface area contributed by atoms with Crippen molar-refractivity contribution in [1.82, 2.24) is 9.80 Å². The van der Waals surface area contributed by atoms with Crippen LogP contribution in [-0.2, 0) is 4.79 Å². The molecule has 0 aromatic heterocycles. The number of hydrogen-bond acceptors (Lipinski definition) is 5. The summed E-state index contributed by atoms with van der Waals surface area (Å²) in [6, 6.07) is 5.53. The molecule has 1 aromatic rings. The minimum Gasteiger partial charge on any atom is -0.393 e. The molecule has 1 fully saturated rings. The highest BCUT2D eigenvalue weighted by Gasteiger charge is 2.29. The summed E-state index contributed by atoms with van der Waals surface area (Å²) in [5.41, 5.74) is 6.47. The second-order valence-electron chi connectivity index (χ2n) is 6.15. The zero-order valence-corrected chi connectivity index (χ0v) is 16.4. The quantitative estimate of drug-likeness (QED) is 0.444. The van der Waals surface area contributed by atoms with Gasteiger partial charge in [0.2, 0.25) is 0 Å². The first kappa shape index (κ1) is 20.3. The zero-order chi connectivity index (χ0) is 19.3. The van der Waals surface area contributed by atoms with Gasteiger partial charge in [0.15, 0.2) is 5.78 Å². The van der Waals surface area contributed by atoms with E-state index in [9.17, 15) is 14.0 Å². The molecule has 0 spiro atoms. The Bertz CT molecular complexity index is 733. The molecule has 1 atom stereocenters. The van der Waals surface area contributed by atoms with Gasteiger partial charge >= 0.3 is 0 Å². The molecule has 1 saturated heterocycles. The number of aliphatic imine (C=N–C) groups is 1. The van der Waals surface area contributed by atoms with Gasteiger partial charge in [0.05, 0.1) is 11.0 Å². The van der Waals surface area contributed by atoms with Gasteiger partial charge in [-0.3, -0.25) is 19.5 Å². The molecule has 0 bridgehead atoms. The lowest BCUT2D eigenvalue weighted by molar-refractivity contribution is -0.129. The van der Waals surface area contributed by atoms with Crippen LogP contribution in [0.3, 0.4) is 0 Å². The van der Waals surface area contributed by atoms with Crippen LogP contribution in [0.4, 0.5) is 4.39 Å². The van der Waals surface area contributed by atoms with Crippen LogP contribution in [-0.4, -0.2) is 67.0 Å². The lowest BCUT2D eigenvalue weighted by Gasteiger charge is -2.39. The van der Waals surface area contributed by atoms with Gasteiger partial charge in [0.25, 0.3) is 5.91 Å². The van der Waals surface area contributed by atoms with Crippen molar-refractivity contribution in [1.29, 1.82) is 0 Å². The fourth-order valence-electron chi connectivity index (χ4n) is 2.78. The van der Waals surface area contributed by atoms with Gasteiger partial charge in [-0.25, -0.2) is 4.39 Å². The molecular formula is C18H22BrFN4O2. The number of allylic oxidation sites excluding steroid dienone is 1. The van der Waals surface area contributed by atoms with Gasteiger partial charge in [0, 0.05) is 44.5 Å². The van der Waals surface area contributed by atoms with E-state index in [0.717, 1.165) is 0 Å². The lowest BCUT2D eigenvalue weighted by Crippen LogP contribution is -2.55. The molecular weight excluding hydrogens is 403 g/mol. The number of nitrogens with two attached hydrogens (primary N) is 1. The molecule has 8 heteroatoms. The summed E-state index contributed by atoms with van der Waals surface area (Å²) in [4.78, 5) is 32.3. The molecule has 6 nitrogen and oxygen atoms in total. The fraction of sp³-hybridized carbons (Fsp3) is 0.389. The predicted octanol–water partition coefficient (Wildman–Crippen LogP) is 1.81. The van der Waals surface area contributed by atoms with Gasteiger partial charge < -0.3 is 10.6 Å². The third-order valence-corrected chi connectivity index (χ3v) is 4.93. The van der Waals surface area contributed by atoms with Crippen molar-refractivity contribution in [3.63, 3.8) is 0 Å². The van der Waals surface area contributed by atoms with Crippen molar-refractivity contribution >= 4 is 33.8 Å². The summed E-state index contributed by atoms with van der Waals surface area (Å²) in [6.45, 7) is 3.70. The van der Waals surface area contributed by atoms with E-state index >= 15 is 0 Å². The molecule has 1 aliphatic heterocycles. The molecule has 1 aliphatic rings. The van der Waals surface area contributed by atoms with Crippen molar-refractivity contribution in [2.24, 2.45) is 10.7 Å². The van der Waals surface area contributed by atoms with Gasteiger partial charge in [0.1, 0.15) is 11.5 Å². The summed E-state index contributed by atoms with van der Waals surface area (Å²) >= 11 is 3.24. The largest absolute Gasteiger partial charge is 0.393 e. The van der Waals surface area contributed by atoms with Crippen LogP contribution in [0.25, 0.3) is 0 Å². The van der Waals surface area contributed by atoms with Crippen LogP contribution in [0.1, 0.15) is 17.3 Å². The molecule has 1 aromatic carbocycles. The minimum absolute atomic E-state index is 0.00326. The number of ketones is 1. The molecule has 26 heavy (non-hydrogen) atoms. The number of amides is 1. The SMILES string of the molecule is CN=CC(Br)=C(N)C(=O)N1CCN(CC(=O)c2ccc(F)cc2)[C@@H](C)C1. The maximum Gasteiger partial charge on any atom is 0.271 e. The number of rotatable bonds is 5. The van der Waals surface area contributed by atoms with Crippen LogP contribution in [0.2, 0.25) is 0 Å². The van der Waals surface area contributed by atoms with Crippen molar-refractivity contribution in [3.8, 4) is 0 Å². The summed E-state index contributed by atoms with van der Waals surface area (Å²) in [5.74, 6) is -0.696. The Labute approximate surface area is 160 Å². The van der Waals surface area contributed by atoms with E-state index in [1.807, 2.05) is 11.8 Å².